The molecule has 4 nitrogen and oxygen atoms in total. The highest BCUT2D eigenvalue weighted by Gasteiger charge is 2.11. The maximum atomic E-state index is 5.38. The molecule has 1 aliphatic rings. The van der Waals surface area contributed by atoms with Gasteiger partial charge in [0.15, 0.2) is 0 Å². The van der Waals surface area contributed by atoms with Gasteiger partial charge in [0.05, 0.1) is 37.0 Å². The molecule has 20 heavy (non-hydrogen) atoms. The topological polar surface area (TPSA) is 37.4 Å². The highest BCUT2D eigenvalue weighted by atomic mass is 79.9. The Labute approximate surface area is 126 Å². The van der Waals surface area contributed by atoms with Crippen LogP contribution in [0.5, 0.6) is 0 Å². The van der Waals surface area contributed by atoms with Crippen LogP contribution in [-0.4, -0.2) is 31.3 Å². The first-order chi connectivity index (χ1) is 9.81. The Morgan fingerprint density at radius 2 is 1.80 bits per heavy atom. The smallest absolute Gasteiger partial charge is 0.0642 e. The number of ether oxygens (including phenoxy) is 1. The van der Waals surface area contributed by atoms with Gasteiger partial charge >= 0.3 is 0 Å². The van der Waals surface area contributed by atoms with E-state index in [1.54, 1.807) is 0 Å². The lowest BCUT2D eigenvalue weighted by Crippen LogP contribution is -2.36. The van der Waals surface area contributed by atoms with Crippen molar-refractivity contribution in [1.29, 1.82) is 0 Å². The van der Waals surface area contributed by atoms with Crippen LogP contribution in [0, 0.1) is 0 Å². The fraction of sp³-hybridized carbons (Fsp3) is 0.267. The molecular formula is C15H16BrN3O. The van der Waals surface area contributed by atoms with Crippen molar-refractivity contribution < 1.29 is 4.74 Å². The molecule has 1 fully saturated rings. The highest BCUT2D eigenvalue weighted by molar-refractivity contribution is 9.10. The Bertz CT molecular complexity index is 568. The first kappa shape index (κ1) is 13.4. The Hall–Kier alpha value is -1.59. The molecule has 0 bridgehead atoms. The molecular weight excluding hydrogens is 318 g/mol. The number of benzene rings is 1. The molecule has 0 saturated carbocycles. The largest absolute Gasteiger partial charge is 0.378 e. The molecule has 3 rings (SSSR count). The van der Waals surface area contributed by atoms with Crippen LogP contribution in [-0.2, 0) is 4.74 Å². The fourth-order valence-electron chi connectivity index (χ4n) is 2.19. The lowest BCUT2D eigenvalue weighted by molar-refractivity contribution is 0.122. The first-order valence-corrected chi connectivity index (χ1v) is 7.41. The van der Waals surface area contributed by atoms with Gasteiger partial charge in [-0.3, -0.25) is 4.98 Å². The van der Waals surface area contributed by atoms with Crippen LogP contribution < -0.4 is 10.2 Å². The number of anilines is 3. The van der Waals surface area contributed by atoms with Crippen LogP contribution in [0.4, 0.5) is 17.1 Å². The average Bonchev–Trinajstić information content (AvgIpc) is 2.51. The van der Waals surface area contributed by atoms with Crippen LogP contribution in [0.15, 0.2) is 47.2 Å². The summed E-state index contributed by atoms with van der Waals surface area (Å²) in [6, 6.07) is 10.2. The third kappa shape index (κ3) is 3.29. The van der Waals surface area contributed by atoms with Crippen LogP contribution >= 0.6 is 15.9 Å². The minimum atomic E-state index is 0.782. The van der Waals surface area contributed by atoms with Gasteiger partial charge in [-0.1, -0.05) is 15.9 Å². The van der Waals surface area contributed by atoms with E-state index in [2.05, 4.69) is 37.2 Å². The second kappa shape index (κ2) is 6.24. The summed E-state index contributed by atoms with van der Waals surface area (Å²) in [6.07, 6.45) is 3.74. The second-order valence-corrected chi connectivity index (χ2v) is 5.58. The van der Waals surface area contributed by atoms with Crippen molar-refractivity contribution in [2.45, 2.75) is 0 Å². The zero-order valence-electron chi connectivity index (χ0n) is 11.1. The molecule has 2 heterocycles. The van der Waals surface area contributed by atoms with E-state index in [0.717, 1.165) is 47.8 Å². The van der Waals surface area contributed by atoms with E-state index >= 15 is 0 Å². The maximum Gasteiger partial charge on any atom is 0.0642 e. The number of nitrogens with zero attached hydrogens (tertiary/aromatic N) is 2. The summed E-state index contributed by atoms with van der Waals surface area (Å²) in [6.45, 7) is 3.40. The summed E-state index contributed by atoms with van der Waals surface area (Å²) in [5.41, 5.74) is 3.18. The van der Waals surface area contributed by atoms with Crippen molar-refractivity contribution in [3.05, 3.63) is 47.2 Å². The third-order valence-electron chi connectivity index (χ3n) is 3.23. The summed E-state index contributed by atoms with van der Waals surface area (Å²) < 4.78 is 6.45. The highest BCUT2D eigenvalue weighted by Crippen LogP contribution is 2.23. The molecule has 5 heteroatoms. The number of hydrogen-bond donors (Lipinski definition) is 1. The van der Waals surface area contributed by atoms with Gasteiger partial charge in [-0.25, -0.2) is 0 Å². The first-order valence-electron chi connectivity index (χ1n) is 6.61. The SMILES string of the molecule is Brc1ccc(Nc2cncc(N3CCOCC3)c2)cc1. The van der Waals surface area contributed by atoms with E-state index in [4.69, 9.17) is 4.74 Å². The van der Waals surface area contributed by atoms with Gasteiger partial charge in [-0.15, -0.1) is 0 Å². The summed E-state index contributed by atoms with van der Waals surface area (Å²) in [5, 5.41) is 3.37. The van der Waals surface area contributed by atoms with Gasteiger partial charge in [0.25, 0.3) is 0 Å². The van der Waals surface area contributed by atoms with Gasteiger partial charge in [0.2, 0.25) is 0 Å². The summed E-state index contributed by atoms with van der Waals surface area (Å²) >= 11 is 3.44. The molecule has 1 aromatic heterocycles. The van der Waals surface area contributed by atoms with E-state index in [9.17, 15) is 0 Å². The number of nitrogens with one attached hydrogen (secondary N) is 1. The summed E-state index contributed by atoms with van der Waals surface area (Å²) in [5.74, 6) is 0. The van der Waals surface area contributed by atoms with Crippen molar-refractivity contribution in [2.75, 3.05) is 36.5 Å². The quantitative estimate of drug-likeness (QED) is 0.933. The number of rotatable bonds is 3. The van der Waals surface area contributed by atoms with E-state index in [0.29, 0.717) is 0 Å². The predicted molar refractivity (Wildman–Crippen MR) is 84.7 cm³/mol. The average molecular weight is 334 g/mol. The number of halogens is 1. The zero-order valence-corrected chi connectivity index (χ0v) is 12.6. The standard InChI is InChI=1S/C15H16BrN3O/c16-12-1-3-13(4-2-12)18-14-9-15(11-17-10-14)19-5-7-20-8-6-19/h1-4,9-11,18H,5-8H2. The molecule has 0 amide bonds. The maximum absolute atomic E-state index is 5.38. The number of morpholine rings is 1. The van der Waals surface area contributed by atoms with E-state index in [-0.39, 0.29) is 0 Å². The fourth-order valence-corrected chi connectivity index (χ4v) is 2.45. The molecule has 104 valence electrons. The van der Waals surface area contributed by atoms with Gasteiger partial charge in [-0.05, 0) is 30.3 Å². The lowest BCUT2D eigenvalue weighted by Gasteiger charge is -2.28. The van der Waals surface area contributed by atoms with E-state index in [1.807, 2.05) is 36.7 Å². The Morgan fingerprint density at radius 1 is 1.05 bits per heavy atom. The summed E-state index contributed by atoms with van der Waals surface area (Å²) in [7, 11) is 0. The van der Waals surface area contributed by atoms with Crippen molar-refractivity contribution in [3.8, 4) is 0 Å². The van der Waals surface area contributed by atoms with Gasteiger partial charge < -0.3 is 15.0 Å². The number of aromatic nitrogens is 1. The molecule has 0 aliphatic carbocycles. The molecule has 1 saturated heterocycles. The van der Waals surface area contributed by atoms with Crippen LogP contribution in [0.3, 0.4) is 0 Å². The molecule has 1 N–H and O–H groups in total. The lowest BCUT2D eigenvalue weighted by atomic mass is 10.3. The molecule has 0 atom stereocenters. The monoisotopic (exact) mass is 333 g/mol. The number of pyridine rings is 1. The van der Waals surface area contributed by atoms with E-state index < -0.39 is 0 Å². The second-order valence-electron chi connectivity index (χ2n) is 4.66. The minimum Gasteiger partial charge on any atom is -0.378 e. The van der Waals surface area contributed by atoms with Crippen molar-refractivity contribution in [2.24, 2.45) is 0 Å². The van der Waals surface area contributed by atoms with Crippen LogP contribution in [0.2, 0.25) is 0 Å². The minimum absolute atomic E-state index is 0.782. The van der Waals surface area contributed by atoms with Gasteiger partial charge in [0.1, 0.15) is 0 Å². The molecule has 1 aliphatic heterocycles. The van der Waals surface area contributed by atoms with Gasteiger partial charge in [0, 0.05) is 23.2 Å². The normalized spacial score (nSPS) is 15.2. The Morgan fingerprint density at radius 3 is 2.55 bits per heavy atom. The molecule has 1 aromatic carbocycles. The van der Waals surface area contributed by atoms with Gasteiger partial charge in [-0.2, -0.15) is 0 Å². The Kier molecular flexibility index (Phi) is 4.18. The van der Waals surface area contributed by atoms with Crippen LogP contribution in [0.1, 0.15) is 0 Å². The predicted octanol–water partition coefficient (Wildman–Crippen LogP) is 3.42. The molecule has 0 spiro atoms. The van der Waals surface area contributed by atoms with Crippen molar-refractivity contribution in [3.63, 3.8) is 0 Å². The van der Waals surface area contributed by atoms with E-state index in [1.165, 1.54) is 0 Å². The number of hydrogen-bond acceptors (Lipinski definition) is 4. The third-order valence-corrected chi connectivity index (χ3v) is 3.76. The zero-order chi connectivity index (χ0) is 13.8. The van der Waals surface area contributed by atoms with Crippen molar-refractivity contribution in [1.82, 2.24) is 4.98 Å². The molecule has 0 radical (unpaired) electrons. The Balaban J connectivity index is 1.75. The molecule has 2 aromatic rings. The van der Waals surface area contributed by atoms with Crippen molar-refractivity contribution >= 4 is 33.0 Å². The van der Waals surface area contributed by atoms with Crippen LogP contribution in [0.25, 0.3) is 0 Å². The summed E-state index contributed by atoms with van der Waals surface area (Å²) in [4.78, 5) is 6.61. The molecule has 0 unspecified atom stereocenters.